The third-order valence-electron chi connectivity index (χ3n) is 4.02. The largest absolute Gasteiger partial charge is 0.388 e. The molecule has 11 atom stereocenters. The van der Waals surface area contributed by atoms with Crippen molar-refractivity contribution in [3.05, 3.63) is 0 Å². The van der Waals surface area contributed by atoms with Crippen LogP contribution in [0.5, 0.6) is 0 Å². The number of hydrogen-bond donors (Lipinski definition) is 9. The highest BCUT2D eigenvalue weighted by Gasteiger charge is 2.45. The summed E-state index contributed by atoms with van der Waals surface area (Å²) in [6, 6.07) is 0. The van der Waals surface area contributed by atoms with Crippen LogP contribution in [0.1, 0.15) is 0 Å². The van der Waals surface area contributed by atoms with Gasteiger partial charge in [0.1, 0.15) is 42.7 Å². The summed E-state index contributed by atoms with van der Waals surface area (Å²) in [6.45, 7) is -1.02. The summed E-state index contributed by atoms with van der Waals surface area (Å²) < 4.78 is 19.3. The molecule has 13 nitrogen and oxygen atoms in total. The fraction of sp³-hybridized carbons (Fsp3) is 1.00. The molecule has 0 saturated carbocycles. The average Bonchev–Trinajstić information content (AvgIpc) is 2.59. The molecule has 154 valence electrons. The van der Waals surface area contributed by atoms with Gasteiger partial charge in [-0.25, -0.2) is 0 Å². The van der Waals surface area contributed by atoms with Gasteiger partial charge in [-0.3, -0.25) is 0 Å². The minimum Gasteiger partial charge on any atom is -0.388 e. The summed E-state index contributed by atoms with van der Waals surface area (Å²) in [5.74, 6) is 0. The van der Waals surface area contributed by atoms with E-state index in [4.69, 9.17) is 14.2 Å². The maximum Gasteiger partial charge on any atom is 0.189 e. The van der Waals surface area contributed by atoms with Crippen molar-refractivity contribution in [2.75, 3.05) is 13.2 Å². The van der Waals surface area contributed by atoms with Gasteiger partial charge in [0.2, 0.25) is 0 Å². The molecule has 0 aromatic heterocycles. The second-order valence-corrected chi connectivity index (χ2v) is 6.05. The van der Waals surface area contributed by atoms with E-state index in [0.717, 1.165) is 0 Å². The van der Waals surface area contributed by atoms with E-state index in [0.29, 0.717) is 0 Å². The molecule has 2 fully saturated rings. The molecule has 2 heterocycles. The Morgan fingerprint density at radius 1 is 0.615 bits per heavy atom. The zero-order chi connectivity index (χ0) is 19.6. The number of hydrogen-bond acceptors (Lipinski definition) is 13. The highest BCUT2D eigenvalue weighted by molar-refractivity contribution is 4.86. The molecule has 13 heteroatoms. The molecule has 2 saturated heterocycles. The van der Waals surface area contributed by atoms with Crippen LogP contribution in [0.15, 0.2) is 0 Å². The molecule has 0 aliphatic carbocycles. The number of ether oxygens (including phenoxy) is 4. The third-order valence-corrected chi connectivity index (χ3v) is 4.02. The first-order valence-corrected chi connectivity index (χ1v) is 7.80. The van der Waals surface area contributed by atoms with Crippen molar-refractivity contribution in [2.45, 2.75) is 67.9 Å². The summed E-state index contributed by atoms with van der Waals surface area (Å²) in [4.78, 5) is 0. The minimum absolute atomic E-state index is 0.512. The van der Waals surface area contributed by atoms with Crippen LogP contribution >= 0.6 is 0 Å². The molecule has 0 aromatic carbocycles. The maximum atomic E-state index is 9.79. The normalized spacial score (nSPS) is 48.3. The maximum absolute atomic E-state index is 9.79. The lowest BCUT2D eigenvalue weighted by Crippen LogP contribution is -2.59. The highest BCUT2D eigenvalue weighted by Crippen LogP contribution is 2.22. The van der Waals surface area contributed by atoms with E-state index in [1.807, 2.05) is 0 Å². The van der Waals surface area contributed by atoms with Crippen LogP contribution in [0.2, 0.25) is 0 Å². The van der Waals surface area contributed by atoms with Gasteiger partial charge < -0.3 is 64.9 Å². The Kier molecular flexibility index (Phi) is 7.63. The van der Waals surface area contributed by atoms with Crippen molar-refractivity contribution < 1.29 is 64.9 Å². The molecule has 0 aromatic rings. The van der Waals surface area contributed by atoms with Crippen LogP contribution in [0.3, 0.4) is 0 Å². The number of aliphatic hydroxyl groups is 9. The Morgan fingerprint density at radius 2 is 1.15 bits per heavy atom. The standard InChI is InChI=1S/C13H24O13/c14-3(1-23-9-5(16)7(18)10(20)25-12(9)22)2-24-13-8(19)4(15)6(17)11(21)26-13/h3-22H,1-2H2. The van der Waals surface area contributed by atoms with Gasteiger partial charge in [-0.1, -0.05) is 0 Å². The van der Waals surface area contributed by atoms with Gasteiger partial charge in [-0.15, -0.1) is 0 Å². The van der Waals surface area contributed by atoms with E-state index in [2.05, 4.69) is 4.74 Å². The molecule has 11 unspecified atom stereocenters. The van der Waals surface area contributed by atoms with Crippen molar-refractivity contribution in [2.24, 2.45) is 0 Å². The summed E-state index contributed by atoms with van der Waals surface area (Å²) in [7, 11) is 0. The van der Waals surface area contributed by atoms with Crippen molar-refractivity contribution >= 4 is 0 Å². The van der Waals surface area contributed by atoms with Crippen LogP contribution in [0.4, 0.5) is 0 Å². The Labute approximate surface area is 147 Å². The topological polar surface area (TPSA) is 219 Å². The molecule has 0 amide bonds. The van der Waals surface area contributed by atoms with Crippen LogP contribution in [0.25, 0.3) is 0 Å². The summed E-state index contributed by atoms with van der Waals surface area (Å²) in [5.41, 5.74) is 0. The van der Waals surface area contributed by atoms with E-state index in [1.54, 1.807) is 0 Å². The van der Waals surface area contributed by atoms with Crippen LogP contribution in [-0.2, 0) is 18.9 Å². The Morgan fingerprint density at radius 3 is 1.81 bits per heavy atom. The van der Waals surface area contributed by atoms with E-state index < -0.39 is 81.1 Å². The van der Waals surface area contributed by atoms with Gasteiger partial charge in [-0.2, -0.15) is 0 Å². The molecule has 0 radical (unpaired) electrons. The van der Waals surface area contributed by atoms with E-state index in [-0.39, 0.29) is 0 Å². The molecular formula is C13H24O13. The fourth-order valence-corrected chi connectivity index (χ4v) is 2.46. The van der Waals surface area contributed by atoms with Crippen LogP contribution in [-0.4, -0.2) is 127 Å². The van der Waals surface area contributed by atoms with Gasteiger partial charge >= 0.3 is 0 Å². The first-order chi connectivity index (χ1) is 12.1. The third kappa shape index (κ3) is 4.85. The number of rotatable bonds is 6. The van der Waals surface area contributed by atoms with Crippen molar-refractivity contribution in [3.63, 3.8) is 0 Å². The van der Waals surface area contributed by atoms with Gasteiger partial charge in [0.25, 0.3) is 0 Å². The lowest BCUT2D eigenvalue weighted by atomic mass is 10.0. The average molecular weight is 388 g/mol. The van der Waals surface area contributed by atoms with E-state index in [1.165, 1.54) is 0 Å². The first-order valence-electron chi connectivity index (χ1n) is 7.80. The van der Waals surface area contributed by atoms with Gasteiger partial charge in [0.05, 0.1) is 13.2 Å². The van der Waals surface area contributed by atoms with Crippen LogP contribution < -0.4 is 0 Å². The lowest BCUT2D eigenvalue weighted by molar-refractivity contribution is -0.346. The SMILES string of the molecule is OC(COC1OC(O)C(O)C(O)C1O)COC1C(O)OC(O)C(O)C1O. The summed E-state index contributed by atoms with van der Waals surface area (Å²) in [6.07, 6.45) is -18.3. The molecule has 0 bridgehead atoms. The predicted molar refractivity (Wildman–Crippen MR) is 75.7 cm³/mol. The second kappa shape index (κ2) is 9.11. The summed E-state index contributed by atoms with van der Waals surface area (Å²) >= 11 is 0. The Hall–Kier alpha value is -0.520. The monoisotopic (exact) mass is 388 g/mol. The first kappa shape index (κ1) is 21.8. The predicted octanol–water partition coefficient (Wildman–Crippen LogP) is -6.10. The molecule has 2 aliphatic heterocycles. The van der Waals surface area contributed by atoms with Crippen LogP contribution in [0, 0.1) is 0 Å². The fourth-order valence-electron chi connectivity index (χ4n) is 2.46. The van der Waals surface area contributed by atoms with Gasteiger partial charge in [-0.05, 0) is 0 Å². The molecule has 2 rings (SSSR count). The highest BCUT2D eigenvalue weighted by atomic mass is 16.7. The number of aliphatic hydroxyl groups excluding tert-OH is 9. The second-order valence-electron chi connectivity index (χ2n) is 6.05. The molecule has 0 spiro atoms. The lowest BCUT2D eigenvalue weighted by Gasteiger charge is -2.39. The van der Waals surface area contributed by atoms with E-state index >= 15 is 0 Å². The van der Waals surface area contributed by atoms with E-state index in [9.17, 15) is 46.0 Å². The molecular weight excluding hydrogens is 364 g/mol. The zero-order valence-corrected chi connectivity index (χ0v) is 13.4. The zero-order valence-electron chi connectivity index (χ0n) is 13.4. The quantitative estimate of drug-likeness (QED) is 0.207. The Balaban J connectivity index is 1.77. The summed E-state index contributed by atoms with van der Waals surface area (Å²) in [5, 5.41) is 85.6. The minimum atomic E-state index is -1.80. The van der Waals surface area contributed by atoms with Crippen molar-refractivity contribution in [1.82, 2.24) is 0 Å². The smallest absolute Gasteiger partial charge is 0.189 e. The van der Waals surface area contributed by atoms with Crippen molar-refractivity contribution in [3.8, 4) is 0 Å². The van der Waals surface area contributed by atoms with Crippen molar-refractivity contribution in [1.29, 1.82) is 0 Å². The van der Waals surface area contributed by atoms with Gasteiger partial charge in [0, 0.05) is 0 Å². The molecule has 2 aliphatic rings. The Bertz CT molecular complexity index is 438. The molecule has 26 heavy (non-hydrogen) atoms. The molecule has 9 N–H and O–H groups in total. The van der Waals surface area contributed by atoms with Gasteiger partial charge in [0.15, 0.2) is 25.2 Å².